The predicted molar refractivity (Wildman–Crippen MR) is 82.9 cm³/mol. The number of hydrogen-bond acceptors (Lipinski definition) is 5. The van der Waals surface area contributed by atoms with E-state index in [1.165, 1.54) is 0 Å². The lowest BCUT2D eigenvalue weighted by atomic mass is 10.1. The molecule has 1 aromatic carbocycles. The second kappa shape index (κ2) is 9.17. The molecular weight excluding hydrogens is 286 g/mol. The number of carbonyl (C=O) groups is 2. The van der Waals surface area contributed by atoms with Crippen LogP contribution in [-0.4, -0.2) is 45.4 Å². The van der Waals surface area contributed by atoms with Gasteiger partial charge in [0.15, 0.2) is 6.61 Å². The number of rotatable bonds is 8. The molecule has 0 aliphatic carbocycles. The van der Waals surface area contributed by atoms with Crippen LogP contribution in [0.15, 0.2) is 12.1 Å². The van der Waals surface area contributed by atoms with Gasteiger partial charge in [-0.25, -0.2) is 4.79 Å². The van der Waals surface area contributed by atoms with Crippen molar-refractivity contribution >= 4 is 17.6 Å². The van der Waals surface area contributed by atoms with Crippen molar-refractivity contribution in [3.63, 3.8) is 0 Å². The first-order valence-electron chi connectivity index (χ1n) is 7.04. The molecule has 6 nitrogen and oxygen atoms in total. The summed E-state index contributed by atoms with van der Waals surface area (Å²) in [6.07, 6.45) is 0. The molecule has 0 bridgehead atoms. The Bertz CT molecular complexity index is 504. The highest BCUT2D eigenvalue weighted by Gasteiger charge is 2.11. The first-order chi connectivity index (χ1) is 10.4. The van der Waals surface area contributed by atoms with E-state index >= 15 is 0 Å². The van der Waals surface area contributed by atoms with Crippen molar-refractivity contribution in [2.24, 2.45) is 0 Å². The summed E-state index contributed by atoms with van der Waals surface area (Å²) in [6.45, 7) is 6.02. The summed E-state index contributed by atoms with van der Waals surface area (Å²) in [5, 5.41) is 2.76. The third kappa shape index (κ3) is 6.24. The fraction of sp³-hybridized carbons (Fsp3) is 0.500. The zero-order valence-electron chi connectivity index (χ0n) is 13.5. The number of carbonyl (C=O) groups excluding carboxylic acids is 2. The molecule has 0 heterocycles. The lowest BCUT2D eigenvalue weighted by Crippen LogP contribution is -2.24. The first-order valence-corrected chi connectivity index (χ1v) is 7.04. The average molecular weight is 309 g/mol. The molecule has 0 saturated heterocycles. The van der Waals surface area contributed by atoms with Crippen molar-refractivity contribution in [3.05, 3.63) is 28.8 Å². The molecular formula is C16H23NO5. The number of anilines is 1. The van der Waals surface area contributed by atoms with Gasteiger partial charge in [0.25, 0.3) is 5.91 Å². The van der Waals surface area contributed by atoms with E-state index in [1.54, 1.807) is 7.11 Å². The van der Waals surface area contributed by atoms with Gasteiger partial charge >= 0.3 is 5.97 Å². The van der Waals surface area contributed by atoms with Gasteiger partial charge < -0.3 is 19.5 Å². The fourth-order valence-corrected chi connectivity index (χ4v) is 2.04. The van der Waals surface area contributed by atoms with Crippen LogP contribution in [0.5, 0.6) is 0 Å². The predicted octanol–water partition coefficient (Wildman–Crippen LogP) is 1.76. The first kappa shape index (κ1) is 18.1. The van der Waals surface area contributed by atoms with E-state index in [0.717, 1.165) is 22.4 Å². The maximum Gasteiger partial charge on any atom is 0.332 e. The summed E-state index contributed by atoms with van der Waals surface area (Å²) in [6, 6.07) is 3.97. The summed E-state index contributed by atoms with van der Waals surface area (Å²) in [5.74, 6) is -0.955. The van der Waals surface area contributed by atoms with Gasteiger partial charge in [-0.15, -0.1) is 0 Å². The summed E-state index contributed by atoms with van der Waals surface area (Å²) >= 11 is 0. The van der Waals surface area contributed by atoms with Crippen LogP contribution in [0.2, 0.25) is 0 Å². The Hall–Kier alpha value is -1.92. The smallest absolute Gasteiger partial charge is 0.332 e. The SMILES string of the molecule is COCCOCC(=O)OCC(=O)Nc1c(C)cc(C)cc1C. The summed E-state index contributed by atoms with van der Waals surface area (Å²) in [7, 11) is 1.54. The molecule has 0 aliphatic heterocycles. The third-order valence-electron chi connectivity index (χ3n) is 2.96. The molecule has 0 atom stereocenters. The van der Waals surface area contributed by atoms with Crippen molar-refractivity contribution < 1.29 is 23.8 Å². The van der Waals surface area contributed by atoms with Crippen molar-refractivity contribution in [2.75, 3.05) is 38.9 Å². The minimum absolute atomic E-state index is 0.195. The minimum atomic E-state index is -0.580. The number of hydrogen-bond donors (Lipinski definition) is 1. The molecule has 0 spiro atoms. The molecule has 0 aliphatic rings. The number of amides is 1. The Morgan fingerprint density at radius 1 is 1.05 bits per heavy atom. The second-order valence-electron chi connectivity index (χ2n) is 5.03. The van der Waals surface area contributed by atoms with Crippen LogP contribution < -0.4 is 5.32 Å². The molecule has 0 fully saturated rings. The number of nitrogens with one attached hydrogen (secondary N) is 1. The van der Waals surface area contributed by atoms with E-state index in [0.29, 0.717) is 13.2 Å². The average Bonchev–Trinajstić information content (AvgIpc) is 2.45. The Kier molecular flexibility index (Phi) is 7.56. The van der Waals surface area contributed by atoms with Gasteiger partial charge in [-0.2, -0.15) is 0 Å². The van der Waals surface area contributed by atoms with Crippen LogP contribution in [0, 0.1) is 20.8 Å². The Balaban J connectivity index is 2.39. The Morgan fingerprint density at radius 3 is 2.27 bits per heavy atom. The molecule has 1 aromatic rings. The monoisotopic (exact) mass is 309 g/mol. The molecule has 6 heteroatoms. The zero-order valence-corrected chi connectivity index (χ0v) is 13.5. The molecule has 122 valence electrons. The van der Waals surface area contributed by atoms with E-state index in [-0.39, 0.29) is 19.1 Å². The van der Waals surface area contributed by atoms with Gasteiger partial charge in [0, 0.05) is 12.8 Å². The molecule has 22 heavy (non-hydrogen) atoms. The zero-order chi connectivity index (χ0) is 16.5. The normalized spacial score (nSPS) is 10.4. The maximum absolute atomic E-state index is 11.8. The van der Waals surface area contributed by atoms with Crippen LogP contribution in [0.3, 0.4) is 0 Å². The summed E-state index contributed by atoms with van der Waals surface area (Å²) < 4.78 is 14.6. The minimum Gasteiger partial charge on any atom is -0.454 e. The Morgan fingerprint density at radius 2 is 1.68 bits per heavy atom. The van der Waals surface area contributed by atoms with E-state index in [1.807, 2.05) is 32.9 Å². The fourth-order valence-electron chi connectivity index (χ4n) is 2.04. The van der Waals surface area contributed by atoms with Crippen LogP contribution in [0.4, 0.5) is 5.69 Å². The van der Waals surface area contributed by atoms with Crippen LogP contribution in [0.25, 0.3) is 0 Å². The molecule has 1 amide bonds. The highest BCUT2D eigenvalue weighted by Crippen LogP contribution is 2.21. The summed E-state index contributed by atoms with van der Waals surface area (Å²) in [5.41, 5.74) is 3.83. The van der Waals surface area contributed by atoms with E-state index < -0.39 is 5.97 Å². The van der Waals surface area contributed by atoms with Crippen molar-refractivity contribution in [2.45, 2.75) is 20.8 Å². The third-order valence-corrected chi connectivity index (χ3v) is 2.96. The van der Waals surface area contributed by atoms with Crippen LogP contribution >= 0.6 is 0 Å². The van der Waals surface area contributed by atoms with E-state index in [4.69, 9.17) is 14.2 Å². The molecule has 0 radical (unpaired) electrons. The summed E-state index contributed by atoms with van der Waals surface area (Å²) in [4.78, 5) is 23.2. The topological polar surface area (TPSA) is 73.9 Å². The van der Waals surface area contributed by atoms with E-state index in [9.17, 15) is 9.59 Å². The van der Waals surface area contributed by atoms with Crippen LogP contribution in [0.1, 0.15) is 16.7 Å². The number of esters is 1. The standard InChI is InChI=1S/C16H23NO5/c1-11-7-12(2)16(13(3)8-11)17-14(18)9-22-15(19)10-21-6-5-20-4/h7-8H,5-6,9-10H2,1-4H3,(H,17,18). The van der Waals surface area contributed by atoms with Gasteiger partial charge in [-0.1, -0.05) is 17.7 Å². The quantitative estimate of drug-likeness (QED) is 0.585. The number of aryl methyl sites for hydroxylation is 3. The molecule has 0 aromatic heterocycles. The van der Waals surface area contributed by atoms with E-state index in [2.05, 4.69) is 5.32 Å². The van der Waals surface area contributed by atoms with Gasteiger partial charge in [0.05, 0.1) is 13.2 Å². The number of ether oxygens (including phenoxy) is 3. The van der Waals surface area contributed by atoms with Crippen molar-refractivity contribution in [1.82, 2.24) is 0 Å². The number of methoxy groups -OCH3 is 1. The second-order valence-corrected chi connectivity index (χ2v) is 5.03. The largest absolute Gasteiger partial charge is 0.454 e. The maximum atomic E-state index is 11.8. The molecule has 0 unspecified atom stereocenters. The molecule has 1 rings (SSSR count). The van der Waals surface area contributed by atoms with Gasteiger partial charge in [0.1, 0.15) is 6.61 Å². The highest BCUT2D eigenvalue weighted by atomic mass is 16.6. The van der Waals surface area contributed by atoms with Crippen LogP contribution in [-0.2, 0) is 23.8 Å². The van der Waals surface area contributed by atoms with Gasteiger partial charge in [-0.3, -0.25) is 4.79 Å². The lowest BCUT2D eigenvalue weighted by molar-refractivity contribution is -0.152. The van der Waals surface area contributed by atoms with Crippen molar-refractivity contribution in [3.8, 4) is 0 Å². The molecule has 1 N–H and O–H groups in total. The Labute approximate surface area is 130 Å². The van der Waals surface area contributed by atoms with Crippen molar-refractivity contribution in [1.29, 1.82) is 0 Å². The van der Waals surface area contributed by atoms with Gasteiger partial charge in [0.2, 0.25) is 0 Å². The molecule has 0 saturated carbocycles. The number of benzene rings is 1. The van der Waals surface area contributed by atoms with Gasteiger partial charge in [-0.05, 0) is 31.9 Å². The lowest BCUT2D eigenvalue weighted by Gasteiger charge is -2.13. The highest BCUT2D eigenvalue weighted by molar-refractivity contribution is 5.94.